The van der Waals surface area contributed by atoms with Crippen LogP contribution >= 0.6 is 23.2 Å². The van der Waals surface area contributed by atoms with Gasteiger partial charge < -0.3 is 0 Å². The third-order valence-electron chi connectivity index (χ3n) is 5.42. The lowest BCUT2D eigenvalue weighted by atomic mass is 9.76. The van der Waals surface area contributed by atoms with Crippen molar-refractivity contribution in [3.63, 3.8) is 0 Å². The number of rotatable bonds is 2. The van der Waals surface area contributed by atoms with E-state index in [-0.39, 0.29) is 29.8 Å². The fraction of sp³-hybridized carbons (Fsp3) is 0.273. The minimum Gasteiger partial charge on any atom is -0.294 e. The average Bonchev–Trinajstić information content (AvgIpc) is 2.66. The van der Waals surface area contributed by atoms with E-state index >= 15 is 0 Å². The number of hydrogen-bond acceptors (Lipinski definition) is 2. The Morgan fingerprint density at radius 3 is 2.30 bits per heavy atom. The van der Waals surface area contributed by atoms with Gasteiger partial charge >= 0.3 is 6.18 Å². The molecule has 1 aliphatic carbocycles. The molecule has 2 aromatic carbocycles. The molecule has 0 radical (unpaired) electrons. The molecule has 2 aliphatic rings. The van der Waals surface area contributed by atoms with Crippen molar-refractivity contribution in [1.29, 1.82) is 0 Å². The summed E-state index contributed by atoms with van der Waals surface area (Å²) < 4.78 is 40.9. The summed E-state index contributed by atoms with van der Waals surface area (Å²) >= 11 is 12.2. The Balaban J connectivity index is 1.91. The number of anilines is 1. The summed E-state index contributed by atoms with van der Waals surface area (Å²) in [6.45, 7) is 0. The lowest BCUT2D eigenvalue weighted by Crippen LogP contribution is -2.41. The number of amides is 1. The molecule has 3 nitrogen and oxygen atoms in total. The number of hydrogen-bond donors (Lipinski definition) is 0. The van der Waals surface area contributed by atoms with Gasteiger partial charge in [0, 0.05) is 40.1 Å². The molecule has 0 aromatic heterocycles. The molecule has 1 unspecified atom stereocenters. The van der Waals surface area contributed by atoms with Crippen LogP contribution in [0.2, 0.25) is 10.0 Å². The molecule has 1 atom stereocenters. The van der Waals surface area contributed by atoms with Crippen molar-refractivity contribution in [1.82, 2.24) is 0 Å². The van der Waals surface area contributed by atoms with Gasteiger partial charge in [0.2, 0.25) is 5.91 Å². The number of benzene rings is 2. The van der Waals surface area contributed by atoms with Crippen LogP contribution in [0, 0.1) is 0 Å². The summed E-state index contributed by atoms with van der Waals surface area (Å²) in [5.74, 6) is -1.57. The fourth-order valence-electron chi connectivity index (χ4n) is 4.29. The van der Waals surface area contributed by atoms with Gasteiger partial charge in [0.25, 0.3) is 0 Å². The quantitative estimate of drug-likeness (QED) is 0.517. The molecular weight excluding hydrogens is 438 g/mol. The lowest BCUT2D eigenvalue weighted by Gasteiger charge is -2.39. The number of Topliss-reactive ketones (excluding diaryl/α,β-unsaturated/α-hetero) is 1. The summed E-state index contributed by atoms with van der Waals surface area (Å²) in [4.78, 5) is 27.4. The van der Waals surface area contributed by atoms with Crippen molar-refractivity contribution in [3.05, 3.63) is 74.9 Å². The highest BCUT2D eigenvalue weighted by molar-refractivity contribution is 6.35. The Morgan fingerprint density at radius 1 is 0.967 bits per heavy atom. The molecule has 1 aliphatic heterocycles. The molecule has 0 bridgehead atoms. The van der Waals surface area contributed by atoms with Crippen LogP contribution in [0.1, 0.15) is 42.7 Å². The van der Waals surface area contributed by atoms with E-state index in [9.17, 15) is 22.8 Å². The summed E-state index contributed by atoms with van der Waals surface area (Å²) in [5, 5.41) is 0.637. The highest BCUT2D eigenvalue weighted by atomic mass is 35.5. The van der Waals surface area contributed by atoms with E-state index in [0.29, 0.717) is 34.3 Å². The molecule has 0 spiro atoms. The predicted octanol–water partition coefficient (Wildman–Crippen LogP) is 6.54. The van der Waals surface area contributed by atoms with Gasteiger partial charge in [0.05, 0.1) is 11.3 Å². The van der Waals surface area contributed by atoms with Crippen molar-refractivity contribution in [2.75, 3.05) is 4.90 Å². The van der Waals surface area contributed by atoms with Crippen molar-refractivity contribution < 1.29 is 22.8 Å². The van der Waals surface area contributed by atoms with Crippen molar-refractivity contribution >= 4 is 40.6 Å². The Kier molecular flexibility index (Phi) is 5.41. The SMILES string of the molecule is O=C1CCCC2=C1C(c1ccccc1C(F)(F)F)CC(=O)N2c1cc(Cl)cc(Cl)c1. The fourth-order valence-corrected chi connectivity index (χ4v) is 4.80. The smallest absolute Gasteiger partial charge is 0.294 e. The summed E-state index contributed by atoms with van der Waals surface area (Å²) in [5.41, 5.74) is 0.232. The van der Waals surface area contributed by atoms with Gasteiger partial charge in [-0.05, 0) is 42.7 Å². The summed E-state index contributed by atoms with van der Waals surface area (Å²) in [6, 6.07) is 9.75. The van der Waals surface area contributed by atoms with Gasteiger partial charge in [-0.15, -0.1) is 0 Å². The molecule has 0 saturated carbocycles. The van der Waals surface area contributed by atoms with E-state index in [4.69, 9.17) is 23.2 Å². The van der Waals surface area contributed by atoms with E-state index < -0.39 is 23.6 Å². The number of nitrogens with zero attached hydrogens (tertiary/aromatic N) is 1. The molecule has 156 valence electrons. The zero-order valence-corrected chi connectivity index (χ0v) is 17.1. The van der Waals surface area contributed by atoms with Gasteiger partial charge in [0.15, 0.2) is 5.78 Å². The maximum atomic E-state index is 13.6. The van der Waals surface area contributed by atoms with Crippen LogP contribution in [0.5, 0.6) is 0 Å². The normalized spacial score (nSPS) is 19.9. The van der Waals surface area contributed by atoms with Crippen molar-refractivity contribution in [2.45, 2.75) is 37.8 Å². The molecule has 0 fully saturated rings. The molecule has 8 heteroatoms. The Morgan fingerprint density at radius 2 is 1.63 bits per heavy atom. The zero-order chi connectivity index (χ0) is 21.6. The summed E-state index contributed by atoms with van der Waals surface area (Å²) in [6.07, 6.45) is -3.68. The van der Waals surface area contributed by atoms with E-state index in [1.807, 2.05) is 0 Å². The van der Waals surface area contributed by atoms with Gasteiger partial charge in [-0.1, -0.05) is 41.4 Å². The number of halogens is 5. The van der Waals surface area contributed by atoms with Crippen LogP contribution in [0.3, 0.4) is 0 Å². The van der Waals surface area contributed by atoms with E-state index in [1.54, 1.807) is 12.1 Å². The number of carbonyl (C=O) groups excluding carboxylic acids is 2. The second kappa shape index (κ2) is 7.75. The standard InChI is InChI=1S/C22H16Cl2F3NO2/c23-12-8-13(24)10-14(9-12)28-18-6-3-7-19(29)21(18)16(11-20(28)30)15-4-1-2-5-17(15)22(25,26)27/h1-2,4-5,8-10,16H,3,6-7,11H2. The highest BCUT2D eigenvalue weighted by Crippen LogP contribution is 2.46. The van der Waals surface area contributed by atoms with Gasteiger partial charge in [0.1, 0.15) is 0 Å². The van der Waals surface area contributed by atoms with Crippen molar-refractivity contribution in [3.8, 4) is 0 Å². The van der Waals surface area contributed by atoms with Crippen molar-refractivity contribution in [2.24, 2.45) is 0 Å². The molecule has 0 N–H and O–H groups in total. The minimum atomic E-state index is -4.59. The van der Waals surface area contributed by atoms with E-state index in [2.05, 4.69) is 0 Å². The molecule has 30 heavy (non-hydrogen) atoms. The second-order valence-corrected chi connectivity index (χ2v) is 8.21. The third kappa shape index (κ3) is 3.74. The summed E-state index contributed by atoms with van der Waals surface area (Å²) in [7, 11) is 0. The second-order valence-electron chi connectivity index (χ2n) is 7.34. The maximum absolute atomic E-state index is 13.6. The molecule has 1 heterocycles. The lowest BCUT2D eigenvalue weighted by molar-refractivity contribution is -0.138. The zero-order valence-electron chi connectivity index (χ0n) is 15.6. The van der Waals surface area contributed by atoms with Crippen LogP contribution in [0.15, 0.2) is 53.7 Å². The van der Waals surface area contributed by atoms with Crippen LogP contribution < -0.4 is 4.90 Å². The first-order chi connectivity index (χ1) is 14.2. The van der Waals surface area contributed by atoms with E-state index in [0.717, 1.165) is 6.07 Å². The molecule has 0 saturated heterocycles. The van der Waals surface area contributed by atoms with Gasteiger partial charge in [-0.2, -0.15) is 13.2 Å². The largest absolute Gasteiger partial charge is 0.416 e. The molecule has 2 aromatic rings. The first-order valence-corrected chi connectivity index (χ1v) is 10.1. The predicted molar refractivity (Wildman–Crippen MR) is 109 cm³/mol. The number of carbonyl (C=O) groups is 2. The molecule has 4 rings (SSSR count). The first-order valence-electron chi connectivity index (χ1n) is 9.38. The monoisotopic (exact) mass is 453 g/mol. The van der Waals surface area contributed by atoms with E-state index in [1.165, 1.54) is 29.2 Å². The maximum Gasteiger partial charge on any atom is 0.416 e. The number of ketones is 1. The first kappa shape index (κ1) is 20.9. The topological polar surface area (TPSA) is 37.4 Å². The Bertz CT molecular complexity index is 1060. The third-order valence-corrected chi connectivity index (χ3v) is 5.86. The van der Waals surface area contributed by atoms with Gasteiger partial charge in [-0.25, -0.2) is 0 Å². The molecular formula is C22H16Cl2F3NO2. The van der Waals surface area contributed by atoms with Crippen LogP contribution in [-0.4, -0.2) is 11.7 Å². The minimum absolute atomic E-state index is 0.0510. The Hall–Kier alpha value is -2.31. The Labute approximate surface area is 181 Å². The van der Waals surface area contributed by atoms with Crippen LogP contribution in [0.25, 0.3) is 0 Å². The average molecular weight is 454 g/mol. The number of alkyl halides is 3. The van der Waals surface area contributed by atoms with Crippen LogP contribution in [-0.2, 0) is 15.8 Å². The molecule has 1 amide bonds. The van der Waals surface area contributed by atoms with Crippen LogP contribution in [0.4, 0.5) is 18.9 Å². The highest BCUT2D eigenvalue weighted by Gasteiger charge is 2.43. The number of allylic oxidation sites excluding steroid dienone is 2. The van der Waals surface area contributed by atoms with Gasteiger partial charge in [-0.3, -0.25) is 14.5 Å².